The first-order valence-electron chi connectivity index (χ1n) is 7.46. The van der Waals surface area contributed by atoms with Crippen LogP contribution in [0.5, 0.6) is 0 Å². The van der Waals surface area contributed by atoms with Gasteiger partial charge in [-0.3, -0.25) is 9.69 Å². The molecule has 0 spiro atoms. The summed E-state index contributed by atoms with van der Waals surface area (Å²) in [6.45, 7) is 8.08. The molecule has 0 saturated carbocycles. The maximum Gasteiger partial charge on any atom is 0.309 e. The van der Waals surface area contributed by atoms with E-state index in [1.165, 1.54) is 5.56 Å². The van der Waals surface area contributed by atoms with Crippen LogP contribution in [0.4, 0.5) is 0 Å². The molecule has 3 heteroatoms. The van der Waals surface area contributed by atoms with E-state index in [0.29, 0.717) is 12.0 Å². The highest BCUT2D eigenvalue weighted by Crippen LogP contribution is 2.37. The van der Waals surface area contributed by atoms with Gasteiger partial charge in [0.25, 0.3) is 0 Å². The Labute approximate surface area is 121 Å². The number of carboxylic acids is 1. The van der Waals surface area contributed by atoms with Crippen LogP contribution in [-0.4, -0.2) is 29.1 Å². The topological polar surface area (TPSA) is 40.5 Å². The van der Waals surface area contributed by atoms with Gasteiger partial charge >= 0.3 is 5.97 Å². The van der Waals surface area contributed by atoms with E-state index in [2.05, 4.69) is 43.0 Å². The quantitative estimate of drug-likeness (QED) is 0.913. The highest BCUT2D eigenvalue weighted by molar-refractivity contribution is 5.74. The van der Waals surface area contributed by atoms with E-state index in [0.717, 1.165) is 25.9 Å². The summed E-state index contributed by atoms with van der Waals surface area (Å²) in [4.78, 5) is 13.8. The predicted molar refractivity (Wildman–Crippen MR) is 80.6 cm³/mol. The van der Waals surface area contributed by atoms with Gasteiger partial charge in [0.1, 0.15) is 0 Å². The Morgan fingerprint density at radius 2 is 1.75 bits per heavy atom. The van der Waals surface area contributed by atoms with Crippen LogP contribution in [0.1, 0.15) is 45.2 Å². The highest BCUT2D eigenvalue weighted by atomic mass is 16.4. The molecule has 0 aromatic heterocycles. The van der Waals surface area contributed by atoms with Crippen LogP contribution in [0.3, 0.4) is 0 Å². The van der Waals surface area contributed by atoms with Crippen LogP contribution in [0.15, 0.2) is 30.3 Å². The molecule has 0 radical (unpaired) electrons. The molecule has 1 heterocycles. The van der Waals surface area contributed by atoms with E-state index in [1.807, 2.05) is 13.0 Å². The van der Waals surface area contributed by atoms with Crippen molar-refractivity contribution in [1.82, 2.24) is 4.90 Å². The number of aliphatic carboxylic acids is 1. The number of benzene rings is 1. The second kappa shape index (κ2) is 5.96. The molecule has 1 atom stereocenters. The molecule has 1 unspecified atom stereocenters. The normalized spacial score (nSPS) is 20.8. The standard InChI is InChI=1S/C17H25NO2/c1-13(2)15(14-7-5-4-6-8-14)18-11-9-17(3,10-12-18)16(19)20/h4-8,13,15H,9-12H2,1-3H3,(H,19,20). The van der Waals surface area contributed by atoms with Gasteiger partial charge in [0.15, 0.2) is 0 Å². The minimum Gasteiger partial charge on any atom is -0.481 e. The van der Waals surface area contributed by atoms with Gasteiger partial charge in [0.2, 0.25) is 0 Å². The zero-order chi connectivity index (χ0) is 14.8. The Balaban J connectivity index is 2.12. The van der Waals surface area contributed by atoms with Gasteiger partial charge in [-0.25, -0.2) is 0 Å². The molecule has 0 aliphatic carbocycles. The Bertz CT molecular complexity index is 447. The zero-order valence-electron chi connectivity index (χ0n) is 12.7. The largest absolute Gasteiger partial charge is 0.481 e. The fraction of sp³-hybridized carbons (Fsp3) is 0.588. The van der Waals surface area contributed by atoms with Gasteiger partial charge < -0.3 is 5.11 Å². The third-order valence-corrected chi connectivity index (χ3v) is 4.58. The van der Waals surface area contributed by atoms with Crippen molar-refractivity contribution in [2.75, 3.05) is 13.1 Å². The van der Waals surface area contributed by atoms with Crippen LogP contribution < -0.4 is 0 Å². The van der Waals surface area contributed by atoms with Gasteiger partial charge in [0, 0.05) is 6.04 Å². The first-order valence-corrected chi connectivity index (χ1v) is 7.46. The van der Waals surface area contributed by atoms with E-state index >= 15 is 0 Å². The molecular weight excluding hydrogens is 250 g/mol. The second-order valence-corrected chi connectivity index (χ2v) is 6.50. The molecule has 110 valence electrons. The first kappa shape index (κ1) is 15.0. The lowest BCUT2D eigenvalue weighted by atomic mass is 9.79. The van der Waals surface area contributed by atoms with E-state index in [9.17, 15) is 9.90 Å². The van der Waals surface area contributed by atoms with Gasteiger partial charge in [-0.1, -0.05) is 44.2 Å². The Morgan fingerprint density at radius 1 is 1.20 bits per heavy atom. The molecule has 3 nitrogen and oxygen atoms in total. The molecule has 20 heavy (non-hydrogen) atoms. The van der Waals surface area contributed by atoms with Gasteiger partial charge in [0.05, 0.1) is 5.41 Å². The fourth-order valence-electron chi connectivity index (χ4n) is 3.18. The SMILES string of the molecule is CC(C)C(c1ccccc1)N1CCC(C)(C(=O)O)CC1. The number of piperidine rings is 1. The Kier molecular flexibility index (Phi) is 4.48. The van der Waals surface area contributed by atoms with Crippen molar-refractivity contribution >= 4 is 5.97 Å². The molecule has 1 fully saturated rings. The average molecular weight is 275 g/mol. The molecule has 1 aromatic rings. The summed E-state index contributed by atoms with van der Waals surface area (Å²) in [5.41, 5.74) is 0.788. The lowest BCUT2D eigenvalue weighted by Gasteiger charge is -2.42. The van der Waals surface area contributed by atoms with Crippen LogP contribution >= 0.6 is 0 Å². The van der Waals surface area contributed by atoms with E-state index in [4.69, 9.17) is 0 Å². The smallest absolute Gasteiger partial charge is 0.309 e. The average Bonchev–Trinajstić information content (AvgIpc) is 2.42. The number of likely N-dealkylation sites (tertiary alicyclic amines) is 1. The minimum absolute atomic E-state index is 0.384. The lowest BCUT2D eigenvalue weighted by molar-refractivity contribution is -0.151. The van der Waals surface area contributed by atoms with Gasteiger partial charge in [-0.15, -0.1) is 0 Å². The molecule has 0 bridgehead atoms. The second-order valence-electron chi connectivity index (χ2n) is 6.50. The molecular formula is C17H25NO2. The third kappa shape index (κ3) is 3.04. The van der Waals surface area contributed by atoms with Crippen molar-refractivity contribution in [2.24, 2.45) is 11.3 Å². The summed E-state index contributed by atoms with van der Waals surface area (Å²) in [7, 11) is 0. The van der Waals surface area contributed by atoms with Crippen molar-refractivity contribution in [3.8, 4) is 0 Å². The first-order chi connectivity index (χ1) is 9.44. The summed E-state index contributed by atoms with van der Waals surface area (Å²) in [5.74, 6) is -0.135. The van der Waals surface area contributed by atoms with E-state index < -0.39 is 11.4 Å². The number of rotatable bonds is 4. The van der Waals surface area contributed by atoms with Crippen molar-refractivity contribution in [3.05, 3.63) is 35.9 Å². The van der Waals surface area contributed by atoms with Crippen molar-refractivity contribution in [1.29, 1.82) is 0 Å². The fourth-order valence-corrected chi connectivity index (χ4v) is 3.18. The van der Waals surface area contributed by atoms with Crippen LogP contribution in [0.2, 0.25) is 0 Å². The summed E-state index contributed by atoms with van der Waals surface area (Å²) in [5, 5.41) is 9.33. The Morgan fingerprint density at radius 3 is 2.20 bits per heavy atom. The van der Waals surface area contributed by atoms with E-state index in [1.54, 1.807) is 0 Å². The third-order valence-electron chi connectivity index (χ3n) is 4.58. The maximum atomic E-state index is 11.3. The zero-order valence-corrected chi connectivity index (χ0v) is 12.7. The van der Waals surface area contributed by atoms with Gasteiger partial charge in [-0.2, -0.15) is 0 Å². The van der Waals surface area contributed by atoms with Crippen LogP contribution in [0.25, 0.3) is 0 Å². The lowest BCUT2D eigenvalue weighted by Crippen LogP contribution is -2.45. The minimum atomic E-state index is -0.655. The molecule has 1 aromatic carbocycles. The van der Waals surface area contributed by atoms with Gasteiger partial charge in [-0.05, 0) is 44.3 Å². The van der Waals surface area contributed by atoms with E-state index in [-0.39, 0.29) is 0 Å². The Hall–Kier alpha value is -1.35. The van der Waals surface area contributed by atoms with Crippen molar-refractivity contribution in [2.45, 2.75) is 39.7 Å². The number of carboxylic acid groups (broad SMARTS) is 1. The number of hydrogen-bond acceptors (Lipinski definition) is 2. The monoisotopic (exact) mass is 275 g/mol. The summed E-state index contributed by atoms with van der Waals surface area (Å²) >= 11 is 0. The molecule has 2 rings (SSSR count). The van der Waals surface area contributed by atoms with Crippen LogP contribution in [0, 0.1) is 11.3 Å². The summed E-state index contributed by atoms with van der Waals surface area (Å²) < 4.78 is 0. The maximum absolute atomic E-state index is 11.3. The predicted octanol–water partition coefficient (Wildman–Crippen LogP) is 3.57. The number of hydrogen-bond donors (Lipinski definition) is 1. The molecule has 1 saturated heterocycles. The van der Waals surface area contributed by atoms with Crippen LogP contribution in [-0.2, 0) is 4.79 Å². The van der Waals surface area contributed by atoms with Crippen molar-refractivity contribution < 1.29 is 9.90 Å². The number of nitrogens with zero attached hydrogens (tertiary/aromatic N) is 1. The molecule has 1 aliphatic rings. The summed E-state index contributed by atoms with van der Waals surface area (Å²) in [6.07, 6.45) is 1.47. The number of carbonyl (C=O) groups is 1. The molecule has 0 amide bonds. The molecule has 1 aliphatic heterocycles. The molecule has 1 N–H and O–H groups in total. The van der Waals surface area contributed by atoms with Crippen molar-refractivity contribution in [3.63, 3.8) is 0 Å². The summed E-state index contributed by atoms with van der Waals surface area (Å²) in [6, 6.07) is 10.9. The highest BCUT2D eigenvalue weighted by Gasteiger charge is 2.39.